The van der Waals surface area contributed by atoms with Crippen molar-refractivity contribution in [3.63, 3.8) is 0 Å². The maximum Gasteiger partial charge on any atom is 0.306 e. The lowest BCUT2D eigenvalue weighted by Crippen LogP contribution is -2.28. The average molecular weight is 405 g/mol. The van der Waals surface area contributed by atoms with Gasteiger partial charge in [-0.25, -0.2) is 0 Å². The Balaban J connectivity index is 1.71. The Morgan fingerprint density at radius 3 is 2.47 bits per heavy atom. The molecule has 1 atom stereocenters. The number of ether oxygens (including phenoxy) is 1. The van der Waals surface area contributed by atoms with Crippen LogP contribution >= 0.6 is 0 Å². The van der Waals surface area contributed by atoms with E-state index >= 15 is 0 Å². The summed E-state index contributed by atoms with van der Waals surface area (Å²) in [5.41, 5.74) is 3.82. The van der Waals surface area contributed by atoms with Crippen LogP contribution in [0.25, 0.3) is 0 Å². The topological polar surface area (TPSA) is 70.4 Å². The number of anilines is 1. The zero-order chi connectivity index (χ0) is 21.9. The summed E-state index contributed by atoms with van der Waals surface area (Å²) in [5, 5.41) is 8.94. The number of carbonyl (C=O) groups excluding carboxylic acids is 2. The van der Waals surface area contributed by atoms with E-state index in [2.05, 4.69) is 6.07 Å². The van der Waals surface area contributed by atoms with Crippen molar-refractivity contribution in [2.45, 2.75) is 52.1 Å². The first-order valence-electron chi connectivity index (χ1n) is 10.3. The van der Waals surface area contributed by atoms with Crippen LogP contribution in [0.3, 0.4) is 0 Å². The van der Waals surface area contributed by atoms with E-state index < -0.39 is 5.60 Å². The molecular weight excluding hydrogens is 376 g/mol. The summed E-state index contributed by atoms with van der Waals surface area (Å²) in [4.78, 5) is 26.8. The van der Waals surface area contributed by atoms with Crippen LogP contribution in [-0.2, 0) is 22.4 Å². The lowest BCUT2D eigenvalue weighted by atomic mass is 9.81. The van der Waals surface area contributed by atoms with E-state index in [9.17, 15) is 9.59 Å². The molecule has 0 spiro atoms. The molecule has 0 aliphatic heterocycles. The fourth-order valence-electron chi connectivity index (χ4n) is 3.83. The highest BCUT2D eigenvalue weighted by atomic mass is 16.6. The number of rotatable bonds is 4. The van der Waals surface area contributed by atoms with Crippen molar-refractivity contribution in [2.24, 2.45) is 5.92 Å². The molecule has 5 nitrogen and oxygen atoms in total. The lowest BCUT2D eigenvalue weighted by Gasteiger charge is -2.27. The first-order chi connectivity index (χ1) is 14.2. The van der Waals surface area contributed by atoms with Gasteiger partial charge < -0.3 is 9.64 Å². The summed E-state index contributed by atoms with van der Waals surface area (Å²) in [7, 11) is 1.73. The van der Waals surface area contributed by atoms with Crippen molar-refractivity contribution in [2.75, 3.05) is 11.9 Å². The monoisotopic (exact) mass is 404 g/mol. The van der Waals surface area contributed by atoms with Crippen LogP contribution in [0.5, 0.6) is 0 Å². The van der Waals surface area contributed by atoms with Gasteiger partial charge in [0.05, 0.1) is 11.6 Å². The predicted molar refractivity (Wildman–Crippen MR) is 116 cm³/mol. The van der Waals surface area contributed by atoms with Gasteiger partial charge in [0, 0.05) is 24.7 Å². The van der Waals surface area contributed by atoms with Gasteiger partial charge in [-0.3, -0.25) is 9.59 Å². The molecule has 0 N–H and O–H groups in total. The van der Waals surface area contributed by atoms with E-state index in [1.54, 1.807) is 36.2 Å². The number of benzene rings is 2. The van der Waals surface area contributed by atoms with Gasteiger partial charge in [-0.2, -0.15) is 5.26 Å². The Morgan fingerprint density at radius 1 is 1.13 bits per heavy atom. The van der Waals surface area contributed by atoms with Crippen LogP contribution in [0.4, 0.5) is 5.69 Å². The second-order valence-electron chi connectivity index (χ2n) is 8.91. The van der Waals surface area contributed by atoms with Gasteiger partial charge in [0.1, 0.15) is 5.60 Å². The average Bonchev–Trinajstić information content (AvgIpc) is 2.70. The number of fused-ring (bicyclic) bond motifs is 1. The second kappa shape index (κ2) is 8.71. The van der Waals surface area contributed by atoms with Crippen LogP contribution in [0.15, 0.2) is 42.5 Å². The highest BCUT2D eigenvalue weighted by Crippen LogP contribution is 2.30. The predicted octanol–water partition coefficient (Wildman–Crippen LogP) is 4.67. The third-order valence-electron chi connectivity index (χ3n) is 5.35. The van der Waals surface area contributed by atoms with E-state index in [1.807, 2.05) is 39.0 Å². The van der Waals surface area contributed by atoms with Crippen LogP contribution in [0, 0.1) is 17.2 Å². The molecule has 1 aliphatic rings. The molecule has 0 aromatic heterocycles. The lowest BCUT2D eigenvalue weighted by molar-refractivity contribution is -0.156. The smallest absolute Gasteiger partial charge is 0.306 e. The fourth-order valence-corrected chi connectivity index (χ4v) is 3.83. The molecule has 0 bridgehead atoms. The Morgan fingerprint density at radius 2 is 1.83 bits per heavy atom. The zero-order valence-corrected chi connectivity index (χ0v) is 18.1. The van der Waals surface area contributed by atoms with Crippen molar-refractivity contribution in [3.8, 4) is 6.07 Å². The van der Waals surface area contributed by atoms with Crippen molar-refractivity contribution in [1.82, 2.24) is 0 Å². The number of aryl methyl sites for hydroxylation is 1. The first-order valence-corrected chi connectivity index (χ1v) is 10.3. The third kappa shape index (κ3) is 5.27. The highest BCUT2D eigenvalue weighted by Gasteiger charge is 2.25. The molecule has 1 unspecified atom stereocenters. The molecule has 2 aromatic rings. The summed E-state index contributed by atoms with van der Waals surface area (Å²) in [6, 6.07) is 14.9. The maximum absolute atomic E-state index is 13.0. The molecule has 156 valence electrons. The van der Waals surface area contributed by atoms with Gasteiger partial charge in [0.2, 0.25) is 0 Å². The molecule has 2 aromatic carbocycles. The minimum Gasteiger partial charge on any atom is -0.460 e. The summed E-state index contributed by atoms with van der Waals surface area (Å²) < 4.78 is 5.47. The quantitative estimate of drug-likeness (QED) is 0.694. The number of nitriles is 1. The van der Waals surface area contributed by atoms with Crippen LogP contribution in [-0.4, -0.2) is 24.5 Å². The molecule has 0 heterocycles. The standard InChI is InChI=1S/C25H28N2O3/c1-25(2,3)30-23(28)14-18-5-8-19-9-10-20(15-21(19)13-18)24(29)27(4)22-11-6-17(16-26)7-12-22/h6-7,9-12,15,18H,5,8,13-14H2,1-4H3. The summed E-state index contributed by atoms with van der Waals surface area (Å²) >= 11 is 0. The molecule has 30 heavy (non-hydrogen) atoms. The Kier molecular flexibility index (Phi) is 6.26. The van der Waals surface area contributed by atoms with Crippen molar-refractivity contribution >= 4 is 17.6 Å². The fraction of sp³-hybridized carbons (Fsp3) is 0.400. The molecule has 0 radical (unpaired) electrons. The van der Waals surface area contributed by atoms with Gasteiger partial charge in [-0.05, 0) is 93.5 Å². The number of amides is 1. The largest absolute Gasteiger partial charge is 0.460 e. The summed E-state index contributed by atoms with van der Waals surface area (Å²) in [6.07, 6.45) is 3.03. The van der Waals surface area contributed by atoms with Gasteiger partial charge in [0.15, 0.2) is 0 Å². The molecule has 0 saturated heterocycles. The van der Waals surface area contributed by atoms with Crippen molar-refractivity contribution in [3.05, 3.63) is 64.7 Å². The number of carbonyl (C=O) groups is 2. The summed E-state index contributed by atoms with van der Waals surface area (Å²) in [5.74, 6) is -0.0329. The number of nitrogens with zero attached hydrogens (tertiary/aromatic N) is 2. The molecule has 1 aliphatic carbocycles. The number of esters is 1. The minimum atomic E-state index is -0.473. The van der Waals surface area contributed by atoms with E-state index in [0.29, 0.717) is 17.5 Å². The van der Waals surface area contributed by atoms with E-state index in [4.69, 9.17) is 10.00 Å². The van der Waals surface area contributed by atoms with Gasteiger partial charge >= 0.3 is 5.97 Å². The molecule has 5 heteroatoms. The Bertz CT molecular complexity index is 981. The van der Waals surface area contributed by atoms with Gasteiger partial charge in [-0.1, -0.05) is 6.07 Å². The Labute approximate surface area is 178 Å². The minimum absolute atomic E-state index is 0.100. The third-order valence-corrected chi connectivity index (χ3v) is 5.35. The van der Waals surface area contributed by atoms with Gasteiger partial charge in [-0.15, -0.1) is 0 Å². The van der Waals surface area contributed by atoms with E-state index in [0.717, 1.165) is 30.5 Å². The zero-order valence-electron chi connectivity index (χ0n) is 18.1. The molecular formula is C25H28N2O3. The van der Waals surface area contributed by atoms with E-state index in [1.165, 1.54) is 5.56 Å². The molecule has 0 saturated carbocycles. The molecule has 0 fully saturated rings. The normalized spacial score (nSPS) is 15.6. The second-order valence-corrected chi connectivity index (χ2v) is 8.91. The van der Waals surface area contributed by atoms with Crippen LogP contribution in [0.1, 0.15) is 60.7 Å². The first kappa shape index (κ1) is 21.6. The van der Waals surface area contributed by atoms with Crippen LogP contribution < -0.4 is 4.90 Å². The number of hydrogen-bond donors (Lipinski definition) is 0. The van der Waals surface area contributed by atoms with Crippen molar-refractivity contribution in [1.29, 1.82) is 5.26 Å². The summed E-state index contributed by atoms with van der Waals surface area (Å²) in [6.45, 7) is 5.63. The van der Waals surface area contributed by atoms with Gasteiger partial charge in [0.25, 0.3) is 5.91 Å². The molecule has 1 amide bonds. The molecule has 3 rings (SSSR count). The Hall–Kier alpha value is -3.13. The number of hydrogen-bond acceptors (Lipinski definition) is 4. The van der Waals surface area contributed by atoms with E-state index in [-0.39, 0.29) is 17.8 Å². The highest BCUT2D eigenvalue weighted by molar-refractivity contribution is 6.05. The van der Waals surface area contributed by atoms with Crippen molar-refractivity contribution < 1.29 is 14.3 Å². The van der Waals surface area contributed by atoms with Crippen LogP contribution in [0.2, 0.25) is 0 Å². The SMILES string of the molecule is CN(C(=O)c1ccc2c(c1)CC(CC(=O)OC(C)(C)C)CC2)c1ccc(C#N)cc1. The maximum atomic E-state index is 13.0.